The standard InChI is InChI=1S/C18H27NO/c1-4-20-16-10-9-12(2)11-15(16)18(19-3)17-13-7-5-6-8-14(13)17/h9-11,13-14,17-19H,4-8H2,1-3H3. The van der Waals surface area contributed by atoms with Crippen molar-refractivity contribution in [2.45, 2.75) is 45.6 Å². The molecule has 2 nitrogen and oxygen atoms in total. The fourth-order valence-corrected chi connectivity index (χ4v) is 4.30. The van der Waals surface area contributed by atoms with Crippen LogP contribution in [0.5, 0.6) is 5.75 Å². The lowest BCUT2D eigenvalue weighted by atomic mass is 9.97. The Balaban J connectivity index is 1.87. The zero-order valence-electron chi connectivity index (χ0n) is 13.0. The Kier molecular flexibility index (Phi) is 4.02. The van der Waals surface area contributed by atoms with Gasteiger partial charge in [0, 0.05) is 11.6 Å². The maximum Gasteiger partial charge on any atom is 0.124 e. The van der Waals surface area contributed by atoms with Crippen LogP contribution < -0.4 is 10.1 Å². The highest BCUT2D eigenvalue weighted by Gasteiger charge is 2.54. The molecule has 2 aliphatic rings. The van der Waals surface area contributed by atoms with Crippen LogP contribution in [0, 0.1) is 24.7 Å². The summed E-state index contributed by atoms with van der Waals surface area (Å²) in [5.74, 6) is 3.80. The first-order chi connectivity index (χ1) is 9.76. The van der Waals surface area contributed by atoms with Gasteiger partial charge >= 0.3 is 0 Å². The first-order valence-corrected chi connectivity index (χ1v) is 8.17. The third-order valence-corrected chi connectivity index (χ3v) is 5.22. The van der Waals surface area contributed by atoms with E-state index in [0.717, 1.165) is 30.1 Å². The second-order valence-corrected chi connectivity index (χ2v) is 6.43. The number of aryl methyl sites for hydroxylation is 1. The van der Waals surface area contributed by atoms with E-state index in [1.54, 1.807) is 0 Å². The maximum atomic E-state index is 5.87. The molecule has 3 unspecified atom stereocenters. The summed E-state index contributed by atoms with van der Waals surface area (Å²) in [7, 11) is 2.10. The summed E-state index contributed by atoms with van der Waals surface area (Å²) in [6, 6.07) is 7.08. The summed E-state index contributed by atoms with van der Waals surface area (Å²) >= 11 is 0. The van der Waals surface area contributed by atoms with Gasteiger partial charge in [0.1, 0.15) is 5.75 Å². The molecule has 0 bridgehead atoms. The van der Waals surface area contributed by atoms with Gasteiger partial charge in [-0.15, -0.1) is 0 Å². The zero-order valence-corrected chi connectivity index (χ0v) is 13.0. The summed E-state index contributed by atoms with van der Waals surface area (Å²) in [5, 5.41) is 3.58. The molecule has 3 atom stereocenters. The number of ether oxygens (including phenoxy) is 1. The summed E-state index contributed by atoms with van der Waals surface area (Å²) < 4.78 is 5.87. The molecule has 1 N–H and O–H groups in total. The molecule has 0 heterocycles. The molecule has 0 aromatic heterocycles. The average molecular weight is 273 g/mol. The molecule has 0 spiro atoms. The molecule has 0 saturated heterocycles. The molecular formula is C18H27NO. The molecule has 3 rings (SSSR count). The highest BCUT2D eigenvalue weighted by molar-refractivity contribution is 5.40. The van der Waals surface area contributed by atoms with E-state index < -0.39 is 0 Å². The predicted molar refractivity (Wildman–Crippen MR) is 83.1 cm³/mol. The molecule has 0 aliphatic heterocycles. The fraction of sp³-hybridized carbons (Fsp3) is 0.667. The second-order valence-electron chi connectivity index (χ2n) is 6.43. The van der Waals surface area contributed by atoms with Gasteiger partial charge in [-0.1, -0.05) is 30.5 Å². The third-order valence-electron chi connectivity index (χ3n) is 5.22. The average Bonchev–Trinajstić information content (AvgIpc) is 3.17. The van der Waals surface area contributed by atoms with Crippen molar-refractivity contribution in [3.63, 3.8) is 0 Å². The van der Waals surface area contributed by atoms with Crippen molar-refractivity contribution in [2.24, 2.45) is 17.8 Å². The van der Waals surface area contributed by atoms with E-state index in [1.807, 2.05) is 0 Å². The molecule has 0 amide bonds. The van der Waals surface area contributed by atoms with Crippen LogP contribution in [0.2, 0.25) is 0 Å². The van der Waals surface area contributed by atoms with Crippen LogP contribution in [-0.4, -0.2) is 13.7 Å². The van der Waals surface area contributed by atoms with Crippen LogP contribution in [-0.2, 0) is 0 Å². The Bertz CT molecular complexity index is 458. The van der Waals surface area contributed by atoms with Crippen molar-refractivity contribution in [1.29, 1.82) is 0 Å². The van der Waals surface area contributed by atoms with E-state index in [9.17, 15) is 0 Å². The van der Waals surface area contributed by atoms with Crippen LogP contribution in [0.15, 0.2) is 18.2 Å². The van der Waals surface area contributed by atoms with Gasteiger partial charge in [-0.2, -0.15) is 0 Å². The molecule has 2 heteroatoms. The number of hydrogen-bond donors (Lipinski definition) is 1. The summed E-state index contributed by atoms with van der Waals surface area (Å²) in [4.78, 5) is 0. The van der Waals surface area contributed by atoms with Gasteiger partial charge in [0.15, 0.2) is 0 Å². The number of hydrogen-bond acceptors (Lipinski definition) is 2. The molecule has 2 fully saturated rings. The van der Waals surface area contributed by atoms with Crippen LogP contribution in [0.25, 0.3) is 0 Å². The van der Waals surface area contributed by atoms with Gasteiger partial charge in [-0.05, 0) is 57.6 Å². The lowest BCUT2D eigenvalue weighted by Crippen LogP contribution is -2.21. The Morgan fingerprint density at radius 2 is 1.95 bits per heavy atom. The minimum absolute atomic E-state index is 0.463. The third kappa shape index (κ3) is 2.46. The van der Waals surface area contributed by atoms with Gasteiger partial charge < -0.3 is 10.1 Å². The van der Waals surface area contributed by atoms with Crippen molar-refractivity contribution in [3.8, 4) is 5.75 Å². The zero-order chi connectivity index (χ0) is 14.1. The van der Waals surface area contributed by atoms with Crippen LogP contribution in [0.4, 0.5) is 0 Å². The van der Waals surface area contributed by atoms with E-state index in [0.29, 0.717) is 6.04 Å². The first kappa shape index (κ1) is 13.9. The van der Waals surface area contributed by atoms with E-state index in [-0.39, 0.29) is 0 Å². The monoisotopic (exact) mass is 273 g/mol. The molecule has 20 heavy (non-hydrogen) atoms. The van der Waals surface area contributed by atoms with E-state index in [1.165, 1.54) is 36.8 Å². The van der Waals surface area contributed by atoms with Gasteiger partial charge in [0.05, 0.1) is 6.61 Å². The SMILES string of the molecule is CCOc1ccc(C)cc1C(NC)C1C2CCCCC21. The molecule has 2 aliphatic carbocycles. The van der Waals surface area contributed by atoms with E-state index in [4.69, 9.17) is 4.74 Å². The number of rotatable bonds is 5. The Labute approximate surface area is 122 Å². The highest BCUT2D eigenvalue weighted by Crippen LogP contribution is 2.60. The predicted octanol–water partition coefficient (Wildman–Crippen LogP) is 4.09. The maximum absolute atomic E-state index is 5.87. The molecule has 110 valence electrons. The molecule has 1 aromatic carbocycles. The largest absolute Gasteiger partial charge is 0.494 e. The Morgan fingerprint density at radius 3 is 2.55 bits per heavy atom. The fourth-order valence-electron chi connectivity index (χ4n) is 4.30. The molecular weight excluding hydrogens is 246 g/mol. The second kappa shape index (κ2) is 5.77. The van der Waals surface area contributed by atoms with Crippen molar-refractivity contribution < 1.29 is 4.74 Å². The minimum Gasteiger partial charge on any atom is -0.494 e. The molecule has 2 saturated carbocycles. The van der Waals surface area contributed by atoms with Crippen LogP contribution in [0.3, 0.4) is 0 Å². The Morgan fingerprint density at radius 1 is 1.25 bits per heavy atom. The lowest BCUT2D eigenvalue weighted by Gasteiger charge is -2.21. The van der Waals surface area contributed by atoms with Gasteiger partial charge in [-0.25, -0.2) is 0 Å². The number of nitrogens with one attached hydrogen (secondary N) is 1. The number of fused-ring (bicyclic) bond motifs is 1. The van der Waals surface area contributed by atoms with Crippen molar-refractivity contribution in [2.75, 3.05) is 13.7 Å². The molecule has 1 aromatic rings. The lowest BCUT2D eigenvalue weighted by molar-refractivity contribution is 0.328. The van der Waals surface area contributed by atoms with Crippen LogP contribution in [0.1, 0.15) is 49.8 Å². The highest BCUT2D eigenvalue weighted by atomic mass is 16.5. The van der Waals surface area contributed by atoms with Crippen molar-refractivity contribution in [3.05, 3.63) is 29.3 Å². The summed E-state index contributed by atoms with van der Waals surface area (Å²) in [6.45, 7) is 4.98. The Hall–Kier alpha value is -1.02. The number of benzene rings is 1. The van der Waals surface area contributed by atoms with Crippen LogP contribution >= 0.6 is 0 Å². The molecule has 0 radical (unpaired) electrons. The van der Waals surface area contributed by atoms with Crippen molar-refractivity contribution >= 4 is 0 Å². The summed E-state index contributed by atoms with van der Waals surface area (Å²) in [6.07, 6.45) is 5.73. The van der Waals surface area contributed by atoms with Gasteiger partial charge in [0.25, 0.3) is 0 Å². The van der Waals surface area contributed by atoms with E-state index in [2.05, 4.69) is 44.4 Å². The minimum atomic E-state index is 0.463. The first-order valence-electron chi connectivity index (χ1n) is 8.17. The smallest absolute Gasteiger partial charge is 0.124 e. The van der Waals surface area contributed by atoms with Crippen molar-refractivity contribution in [1.82, 2.24) is 5.32 Å². The topological polar surface area (TPSA) is 21.3 Å². The van der Waals surface area contributed by atoms with Gasteiger partial charge in [-0.3, -0.25) is 0 Å². The normalized spacial score (nSPS) is 29.6. The summed E-state index contributed by atoms with van der Waals surface area (Å²) in [5.41, 5.74) is 2.70. The quantitative estimate of drug-likeness (QED) is 0.872. The van der Waals surface area contributed by atoms with Gasteiger partial charge in [0.2, 0.25) is 0 Å². The van der Waals surface area contributed by atoms with E-state index >= 15 is 0 Å².